The van der Waals surface area contributed by atoms with E-state index in [2.05, 4.69) is 22.1 Å². The van der Waals surface area contributed by atoms with Gasteiger partial charge in [0.25, 0.3) is 0 Å². The summed E-state index contributed by atoms with van der Waals surface area (Å²) in [6, 6.07) is 4.15. The number of nitrogens with one attached hydrogen (secondary N) is 2. The van der Waals surface area contributed by atoms with E-state index in [0.29, 0.717) is 11.1 Å². The number of carbonyl (C=O) groups is 1. The summed E-state index contributed by atoms with van der Waals surface area (Å²) in [4.78, 5) is 14.3. The van der Waals surface area contributed by atoms with Crippen molar-refractivity contribution in [3.63, 3.8) is 0 Å². The van der Waals surface area contributed by atoms with Gasteiger partial charge in [0.1, 0.15) is 6.04 Å². The predicted molar refractivity (Wildman–Crippen MR) is 87.1 cm³/mol. The lowest BCUT2D eigenvalue weighted by Gasteiger charge is -2.25. The Morgan fingerprint density at radius 2 is 2.29 bits per heavy atom. The third-order valence-electron chi connectivity index (χ3n) is 3.98. The number of benzene rings is 1. The van der Waals surface area contributed by atoms with Gasteiger partial charge >= 0.3 is 0 Å². The highest BCUT2D eigenvalue weighted by atomic mass is 35.5. The smallest absolute Gasteiger partial charge is 0.246 e. The molecule has 2 aliphatic rings. The summed E-state index contributed by atoms with van der Waals surface area (Å²) in [5.41, 5.74) is 2.78. The standard InChI is InChI=1S/C16H20ClN3O/c1-3-7-20(10-5-6-10)14-9-13-11(8-12(14)17)15(18-4-2)16(21)19-13/h3,8-10,15,18H,1,4-7H2,2H3,(H,19,21). The Kier molecular flexibility index (Phi) is 3.91. The maximum atomic E-state index is 12.0. The maximum Gasteiger partial charge on any atom is 0.246 e. The first-order valence-electron chi connectivity index (χ1n) is 7.41. The van der Waals surface area contributed by atoms with Crippen LogP contribution in [0.4, 0.5) is 11.4 Å². The largest absolute Gasteiger partial charge is 0.364 e. The van der Waals surface area contributed by atoms with E-state index < -0.39 is 0 Å². The molecule has 1 aliphatic carbocycles. The van der Waals surface area contributed by atoms with E-state index in [-0.39, 0.29) is 11.9 Å². The Morgan fingerprint density at radius 1 is 1.52 bits per heavy atom. The lowest BCUT2D eigenvalue weighted by molar-refractivity contribution is -0.117. The van der Waals surface area contributed by atoms with E-state index in [1.807, 2.05) is 25.1 Å². The van der Waals surface area contributed by atoms with Crippen molar-refractivity contribution >= 4 is 28.9 Å². The minimum absolute atomic E-state index is 0.0123. The summed E-state index contributed by atoms with van der Waals surface area (Å²) in [7, 11) is 0. The van der Waals surface area contributed by atoms with Crippen LogP contribution in [-0.2, 0) is 4.79 Å². The lowest BCUT2D eigenvalue weighted by atomic mass is 10.1. The molecule has 1 fully saturated rings. The first-order valence-corrected chi connectivity index (χ1v) is 7.78. The SMILES string of the molecule is C=CCN(c1cc2c(cc1Cl)C(NCC)C(=O)N2)C1CC1. The molecule has 1 aromatic carbocycles. The van der Waals surface area contributed by atoms with Crippen LogP contribution >= 0.6 is 11.6 Å². The van der Waals surface area contributed by atoms with E-state index in [0.717, 1.165) is 30.0 Å². The van der Waals surface area contributed by atoms with Gasteiger partial charge in [-0.25, -0.2) is 0 Å². The highest BCUT2D eigenvalue weighted by Gasteiger charge is 2.34. The Hall–Kier alpha value is -1.52. The maximum absolute atomic E-state index is 12.0. The normalized spacial score (nSPS) is 20.1. The molecule has 1 saturated carbocycles. The van der Waals surface area contributed by atoms with Gasteiger partial charge in [-0.2, -0.15) is 0 Å². The summed E-state index contributed by atoms with van der Waals surface area (Å²) in [5.74, 6) is -0.0123. The summed E-state index contributed by atoms with van der Waals surface area (Å²) in [6.07, 6.45) is 4.27. The Morgan fingerprint density at radius 3 is 2.90 bits per heavy atom. The first-order chi connectivity index (χ1) is 10.2. The molecule has 1 heterocycles. The Bertz CT molecular complexity index is 583. The number of hydrogen-bond donors (Lipinski definition) is 2. The molecule has 1 aromatic rings. The van der Waals surface area contributed by atoms with Gasteiger partial charge in [-0.05, 0) is 31.5 Å². The van der Waals surface area contributed by atoms with Crippen molar-refractivity contribution in [2.75, 3.05) is 23.3 Å². The fourth-order valence-corrected chi connectivity index (χ4v) is 3.15. The molecule has 1 amide bonds. The van der Waals surface area contributed by atoms with E-state index >= 15 is 0 Å². The first kappa shape index (κ1) is 14.4. The van der Waals surface area contributed by atoms with E-state index in [9.17, 15) is 4.79 Å². The van der Waals surface area contributed by atoms with Gasteiger partial charge in [0, 0.05) is 23.8 Å². The average molecular weight is 306 g/mol. The molecule has 0 spiro atoms. The predicted octanol–water partition coefficient (Wildman–Crippen LogP) is 3.10. The third-order valence-corrected chi connectivity index (χ3v) is 4.28. The van der Waals surface area contributed by atoms with Gasteiger partial charge in [0.15, 0.2) is 0 Å². The van der Waals surface area contributed by atoms with Gasteiger partial charge < -0.3 is 15.5 Å². The second-order valence-electron chi connectivity index (χ2n) is 5.54. The monoisotopic (exact) mass is 305 g/mol. The summed E-state index contributed by atoms with van der Waals surface area (Å²) >= 11 is 6.48. The van der Waals surface area contributed by atoms with Crippen LogP contribution in [0.2, 0.25) is 5.02 Å². The van der Waals surface area contributed by atoms with Crippen molar-refractivity contribution in [2.45, 2.75) is 31.8 Å². The van der Waals surface area contributed by atoms with Crippen molar-refractivity contribution in [1.82, 2.24) is 5.32 Å². The van der Waals surface area contributed by atoms with Crippen LogP contribution in [0.15, 0.2) is 24.8 Å². The van der Waals surface area contributed by atoms with Crippen LogP contribution in [0, 0.1) is 0 Å². The fraction of sp³-hybridized carbons (Fsp3) is 0.438. The quantitative estimate of drug-likeness (QED) is 0.794. The summed E-state index contributed by atoms with van der Waals surface area (Å²) in [6.45, 7) is 7.32. The molecule has 0 saturated heterocycles. The third kappa shape index (κ3) is 2.65. The second kappa shape index (κ2) is 5.70. The van der Waals surface area contributed by atoms with Crippen molar-refractivity contribution in [3.8, 4) is 0 Å². The Labute approximate surface area is 130 Å². The molecular formula is C16H20ClN3O. The van der Waals surface area contributed by atoms with E-state index in [1.54, 1.807) is 0 Å². The molecule has 0 bridgehead atoms. The molecular weight excluding hydrogens is 286 g/mol. The van der Waals surface area contributed by atoms with Crippen molar-refractivity contribution in [2.24, 2.45) is 0 Å². The van der Waals surface area contributed by atoms with Gasteiger partial charge in [0.2, 0.25) is 5.91 Å². The van der Waals surface area contributed by atoms with Crippen LogP contribution in [0.25, 0.3) is 0 Å². The van der Waals surface area contributed by atoms with Crippen molar-refractivity contribution < 1.29 is 4.79 Å². The number of nitrogens with zero attached hydrogens (tertiary/aromatic N) is 1. The molecule has 1 aliphatic heterocycles. The Balaban J connectivity index is 1.96. The second-order valence-corrected chi connectivity index (χ2v) is 5.95. The molecule has 5 heteroatoms. The zero-order valence-electron chi connectivity index (χ0n) is 12.2. The number of carbonyl (C=O) groups excluding carboxylic acids is 1. The van der Waals surface area contributed by atoms with Crippen LogP contribution in [0.5, 0.6) is 0 Å². The van der Waals surface area contributed by atoms with Crippen LogP contribution in [0.1, 0.15) is 31.4 Å². The van der Waals surface area contributed by atoms with Gasteiger partial charge in [-0.15, -0.1) is 6.58 Å². The molecule has 0 aromatic heterocycles. The van der Waals surface area contributed by atoms with Crippen LogP contribution in [0.3, 0.4) is 0 Å². The van der Waals surface area contributed by atoms with Gasteiger partial charge in [-0.1, -0.05) is 24.6 Å². The highest BCUT2D eigenvalue weighted by molar-refractivity contribution is 6.33. The average Bonchev–Trinajstić information content (AvgIpc) is 3.24. The van der Waals surface area contributed by atoms with Gasteiger partial charge in [-0.3, -0.25) is 4.79 Å². The number of likely N-dealkylation sites (N-methyl/N-ethyl adjacent to an activating group) is 1. The van der Waals surface area contributed by atoms with E-state index in [4.69, 9.17) is 11.6 Å². The molecule has 2 N–H and O–H groups in total. The highest BCUT2D eigenvalue weighted by Crippen LogP contribution is 2.42. The molecule has 21 heavy (non-hydrogen) atoms. The van der Waals surface area contributed by atoms with Crippen LogP contribution in [-0.4, -0.2) is 25.0 Å². The minimum Gasteiger partial charge on any atom is -0.364 e. The molecule has 1 unspecified atom stereocenters. The van der Waals surface area contributed by atoms with Crippen molar-refractivity contribution in [3.05, 3.63) is 35.4 Å². The summed E-state index contributed by atoms with van der Waals surface area (Å²) in [5, 5.41) is 6.83. The molecule has 0 radical (unpaired) electrons. The lowest BCUT2D eigenvalue weighted by Crippen LogP contribution is -2.27. The number of fused-ring (bicyclic) bond motifs is 1. The topological polar surface area (TPSA) is 44.4 Å². The fourth-order valence-electron chi connectivity index (χ4n) is 2.87. The molecule has 112 valence electrons. The number of halogens is 1. The zero-order chi connectivity index (χ0) is 15.0. The number of hydrogen-bond acceptors (Lipinski definition) is 3. The van der Waals surface area contributed by atoms with Crippen LogP contribution < -0.4 is 15.5 Å². The minimum atomic E-state index is -0.301. The number of anilines is 2. The molecule has 4 nitrogen and oxygen atoms in total. The molecule has 1 atom stereocenters. The van der Waals surface area contributed by atoms with E-state index in [1.165, 1.54) is 12.8 Å². The molecule has 3 rings (SSSR count). The van der Waals surface area contributed by atoms with Gasteiger partial charge in [0.05, 0.1) is 10.7 Å². The number of amides is 1. The zero-order valence-corrected chi connectivity index (χ0v) is 12.9. The number of rotatable bonds is 6. The van der Waals surface area contributed by atoms with Crippen molar-refractivity contribution in [1.29, 1.82) is 0 Å². The summed E-state index contributed by atoms with van der Waals surface area (Å²) < 4.78 is 0.